The minimum absolute atomic E-state index is 0.00531. The number of benzene rings is 2. The van der Waals surface area contributed by atoms with Crippen LogP contribution in [-0.2, 0) is 12.8 Å². The summed E-state index contributed by atoms with van der Waals surface area (Å²) in [7, 11) is 0. The smallest absolute Gasteiger partial charge is 0.0829 e. The lowest BCUT2D eigenvalue weighted by Gasteiger charge is -2.70. The molecule has 204 valence electrons. The van der Waals surface area contributed by atoms with Crippen molar-refractivity contribution >= 4 is 202 Å². The molecule has 0 radical (unpaired) electrons. The summed E-state index contributed by atoms with van der Waals surface area (Å²) in [5, 5.41) is 2.50. The molecule has 4 rings (SSSR count). The van der Waals surface area contributed by atoms with Gasteiger partial charge in [-0.15, -0.1) is 0 Å². The zero-order chi connectivity index (χ0) is 28.0. The SMILES string of the molecule is CCc1ccc2c(CC3(Br)C4=CC(Br)C(Br)(CC)C(Br)(Br)C4(Br)C(Br)(Br)C(Br)(Br)C3(Br)Br)cccc2c1. The van der Waals surface area contributed by atoms with E-state index in [1.807, 2.05) is 0 Å². The van der Waals surface area contributed by atoms with E-state index < -0.39 is 25.9 Å². The van der Waals surface area contributed by atoms with Crippen molar-refractivity contribution in [3.8, 4) is 0 Å². The third-order valence-corrected chi connectivity index (χ3v) is 32.3. The van der Waals surface area contributed by atoms with Crippen LogP contribution in [0, 0.1) is 0 Å². The Morgan fingerprint density at radius 2 is 1.35 bits per heavy atom. The van der Waals surface area contributed by atoms with Crippen LogP contribution >= 0.6 is 191 Å². The average molecular weight is 1280 g/mol. The molecule has 0 bridgehead atoms. The van der Waals surface area contributed by atoms with Crippen molar-refractivity contribution in [2.24, 2.45) is 0 Å². The van der Waals surface area contributed by atoms with Gasteiger partial charge in [0.2, 0.25) is 0 Å². The Kier molecular flexibility index (Phi) is 10.3. The van der Waals surface area contributed by atoms with E-state index in [2.05, 4.69) is 247 Å². The molecule has 0 spiro atoms. The number of alkyl halides is 12. The molecular formula is C25H20Br12. The molecule has 2 aliphatic rings. The molecular weight excluding hydrogens is 1260 g/mol. The lowest BCUT2D eigenvalue weighted by Crippen LogP contribution is -2.80. The third kappa shape index (κ3) is 4.58. The second-order valence-corrected chi connectivity index (χ2v) is 28.2. The molecule has 4 atom stereocenters. The van der Waals surface area contributed by atoms with Crippen molar-refractivity contribution in [1.82, 2.24) is 0 Å². The third-order valence-electron chi connectivity index (χ3n) is 7.61. The fourth-order valence-electron chi connectivity index (χ4n) is 5.28. The van der Waals surface area contributed by atoms with E-state index in [1.54, 1.807) is 0 Å². The van der Waals surface area contributed by atoms with Gasteiger partial charge < -0.3 is 0 Å². The van der Waals surface area contributed by atoms with Crippen LogP contribution in [0.4, 0.5) is 0 Å². The molecule has 37 heavy (non-hydrogen) atoms. The van der Waals surface area contributed by atoms with Crippen molar-refractivity contribution in [2.75, 3.05) is 0 Å². The first-order valence-electron chi connectivity index (χ1n) is 11.3. The molecule has 12 heteroatoms. The molecule has 2 aromatic carbocycles. The largest absolute Gasteiger partial charge is 0.134 e. The Bertz CT molecular complexity index is 1270. The van der Waals surface area contributed by atoms with Crippen LogP contribution in [0.25, 0.3) is 10.8 Å². The molecule has 2 aromatic rings. The van der Waals surface area contributed by atoms with E-state index in [9.17, 15) is 0 Å². The number of aryl methyl sites for hydroxylation is 1. The van der Waals surface area contributed by atoms with E-state index in [1.165, 1.54) is 21.9 Å². The Morgan fingerprint density at radius 3 is 1.92 bits per heavy atom. The lowest BCUT2D eigenvalue weighted by atomic mass is 9.66. The second-order valence-electron chi connectivity index (χ2n) is 9.46. The lowest BCUT2D eigenvalue weighted by molar-refractivity contribution is 0.359. The monoisotopic (exact) mass is 1270 g/mol. The summed E-state index contributed by atoms with van der Waals surface area (Å²) in [6, 6.07) is 13.4. The Morgan fingerprint density at radius 1 is 0.730 bits per heavy atom. The van der Waals surface area contributed by atoms with Gasteiger partial charge in [-0.2, -0.15) is 0 Å². The maximum absolute atomic E-state index is 4.34. The predicted molar refractivity (Wildman–Crippen MR) is 205 cm³/mol. The number of halogens is 12. The van der Waals surface area contributed by atoms with Gasteiger partial charge in [0.15, 0.2) is 0 Å². The first-order valence-corrected chi connectivity index (χ1v) is 20.9. The van der Waals surface area contributed by atoms with Gasteiger partial charge in [0.1, 0.15) is 17.3 Å². The van der Waals surface area contributed by atoms with Crippen LogP contribution in [0.5, 0.6) is 0 Å². The van der Waals surface area contributed by atoms with Crippen molar-refractivity contribution in [2.45, 2.75) is 63.8 Å². The zero-order valence-electron chi connectivity index (χ0n) is 19.3. The average Bonchev–Trinajstić information content (AvgIpc) is 2.83. The highest BCUT2D eigenvalue weighted by atomic mass is 79.9. The molecule has 1 saturated carbocycles. The quantitative estimate of drug-likeness (QED) is 0.211. The number of hydrogen-bond donors (Lipinski definition) is 0. The first-order chi connectivity index (χ1) is 16.8. The fraction of sp³-hybridized carbons (Fsp3) is 0.520. The summed E-state index contributed by atoms with van der Waals surface area (Å²) in [6.07, 6.45) is 4.87. The maximum Gasteiger partial charge on any atom is 0.134 e. The minimum Gasteiger partial charge on any atom is -0.0829 e. The van der Waals surface area contributed by atoms with Crippen LogP contribution in [0.3, 0.4) is 0 Å². The zero-order valence-corrected chi connectivity index (χ0v) is 38.3. The minimum atomic E-state index is -0.780. The first kappa shape index (κ1) is 34.1. The van der Waals surface area contributed by atoms with E-state index in [0.717, 1.165) is 18.4 Å². The normalized spacial score (nSPS) is 35.6. The highest BCUT2D eigenvalue weighted by Crippen LogP contribution is 2.82. The van der Waals surface area contributed by atoms with Crippen molar-refractivity contribution in [3.63, 3.8) is 0 Å². The molecule has 4 unspecified atom stereocenters. The summed E-state index contributed by atoms with van der Waals surface area (Å²) in [5.41, 5.74) is 3.72. The van der Waals surface area contributed by atoms with Gasteiger partial charge in [0, 0.05) is 0 Å². The topological polar surface area (TPSA) is 0 Å². The highest BCUT2D eigenvalue weighted by Gasteiger charge is 2.84. The van der Waals surface area contributed by atoms with Crippen LogP contribution in [0.15, 0.2) is 48.0 Å². The molecule has 0 heterocycles. The van der Waals surface area contributed by atoms with Crippen molar-refractivity contribution in [3.05, 3.63) is 59.2 Å². The highest BCUT2D eigenvalue weighted by molar-refractivity contribution is 9.34. The second kappa shape index (κ2) is 11.2. The molecule has 0 aliphatic heterocycles. The molecule has 2 aliphatic carbocycles. The summed E-state index contributed by atoms with van der Waals surface area (Å²) >= 11 is 49.8. The van der Waals surface area contributed by atoms with Crippen LogP contribution in [-0.4, -0.2) is 30.7 Å². The van der Waals surface area contributed by atoms with E-state index in [4.69, 9.17) is 0 Å². The summed E-state index contributed by atoms with van der Waals surface area (Å²) in [4.78, 5) is 0.00531. The van der Waals surface area contributed by atoms with E-state index >= 15 is 0 Å². The van der Waals surface area contributed by atoms with Gasteiger partial charge >= 0.3 is 0 Å². The molecule has 0 aromatic heterocycles. The van der Waals surface area contributed by atoms with E-state index in [-0.39, 0.29) is 4.83 Å². The molecule has 0 amide bonds. The molecule has 0 saturated heterocycles. The Labute approximate surface area is 319 Å². The van der Waals surface area contributed by atoms with E-state index in [0.29, 0.717) is 6.42 Å². The van der Waals surface area contributed by atoms with Crippen molar-refractivity contribution in [1.29, 1.82) is 0 Å². The van der Waals surface area contributed by atoms with Gasteiger partial charge in [0.25, 0.3) is 0 Å². The summed E-state index contributed by atoms with van der Waals surface area (Å²) in [5.74, 6) is 0. The van der Waals surface area contributed by atoms with Gasteiger partial charge in [-0.1, -0.05) is 247 Å². The van der Waals surface area contributed by atoms with Gasteiger partial charge in [-0.3, -0.25) is 0 Å². The molecule has 0 N–H and O–H groups in total. The Hall–Kier alpha value is 4.20. The number of allylic oxidation sites excluding steroid dienone is 2. The predicted octanol–water partition coefficient (Wildman–Crippen LogP) is 13.4. The van der Waals surface area contributed by atoms with Gasteiger partial charge in [-0.05, 0) is 46.7 Å². The van der Waals surface area contributed by atoms with Crippen molar-refractivity contribution < 1.29 is 0 Å². The maximum atomic E-state index is 4.34. The van der Waals surface area contributed by atoms with Crippen LogP contribution < -0.4 is 0 Å². The standard InChI is InChI=1S/C25H20Br12/c1-3-13-8-9-16-14(10-13)6-5-7-15(16)12-20(28)17-11-18(26)19(27,4-2)22(30,31)21(17,29)24(34,35)25(36,37)23(20,32)33/h5-11,18H,3-4,12H2,1-2H3. The summed E-state index contributed by atoms with van der Waals surface area (Å²) in [6.45, 7) is 4.37. The van der Waals surface area contributed by atoms with Gasteiger partial charge in [-0.25, -0.2) is 0 Å². The number of hydrogen-bond acceptors (Lipinski definition) is 0. The number of rotatable bonds is 4. The van der Waals surface area contributed by atoms with Crippen LogP contribution in [0.2, 0.25) is 0 Å². The van der Waals surface area contributed by atoms with Crippen LogP contribution in [0.1, 0.15) is 31.4 Å². The number of fused-ring (bicyclic) bond motifs is 2. The molecule has 1 fully saturated rings. The summed E-state index contributed by atoms with van der Waals surface area (Å²) < 4.78 is -4.73. The Balaban J connectivity index is 2.05. The van der Waals surface area contributed by atoms with Gasteiger partial charge in [0.05, 0.1) is 13.5 Å². The fourth-order valence-corrected chi connectivity index (χ4v) is 19.4. The molecule has 0 nitrogen and oxygen atoms in total.